The van der Waals surface area contributed by atoms with Gasteiger partial charge in [-0.25, -0.2) is 0 Å². The normalized spacial score (nSPS) is 39.4. The number of ether oxygens (including phenoxy) is 1. The Hall–Kier alpha value is -1.27. The molecule has 2 aliphatic rings. The first-order chi connectivity index (χ1) is 7.07. The molecule has 0 aromatic carbocycles. The molecule has 1 fully saturated rings. The third-order valence-corrected chi connectivity index (χ3v) is 3.35. The lowest BCUT2D eigenvalue weighted by molar-refractivity contribution is -0.135. The van der Waals surface area contributed by atoms with Gasteiger partial charge >= 0.3 is 5.97 Å². The molecule has 0 amide bonds. The Balaban J connectivity index is 2.24. The van der Waals surface area contributed by atoms with Crippen LogP contribution in [0.25, 0.3) is 0 Å². The van der Waals surface area contributed by atoms with E-state index in [1.807, 2.05) is 12.2 Å². The second-order valence-electron chi connectivity index (χ2n) is 3.87. The van der Waals surface area contributed by atoms with Crippen molar-refractivity contribution in [2.75, 3.05) is 0 Å². The quantitative estimate of drug-likeness (QED) is 0.296. The molecule has 2 aliphatic carbocycles. The van der Waals surface area contributed by atoms with Gasteiger partial charge in [-0.3, -0.25) is 4.79 Å². The summed E-state index contributed by atoms with van der Waals surface area (Å²) in [5.41, 5.74) is 0.932. The molecular formula is C11H10ClNO2. The Morgan fingerprint density at radius 3 is 3.07 bits per heavy atom. The summed E-state index contributed by atoms with van der Waals surface area (Å²) >= 11 is 6.17. The monoisotopic (exact) mass is 223 g/mol. The summed E-state index contributed by atoms with van der Waals surface area (Å²) in [6.45, 7) is 1.35. The van der Waals surface area contributed by atoms with Crippen LogP contribution in [0.5, 0.6) is 0 Å². The predicted octanol–water partition coefficient (Wildman–Crippen LogP) is 2.14. The number of fused-ring (bicyclic) bond motifs is 2. The van der Waals surface area contributed by atoms with E-state index in [-0.39, 0.29) is 17.8 Å². The summed E-state index contributed by atoms with van der Waals surface area (Å²) in [6, 6.07) is 2.12. The van der Waals surface area contributed by atoms with E-state index in [1.54, 1.807) is 0 Å². The highest BCUT2D eigenvalue weighted by Crippen LogP contribution is 2.53. The number of carbonyl (C=O) groups excluding carboxylic acids is 1. The van der Waals surface area contributed by atoms with Crippen LogP contribution < -0.4 is 0 Å². The molecule has 0 heterocycles. The second-order valence-corrected chi connectivity index (χ2v) is 4.55. The maximum Gasteiger partial charge on any atom is 0.307 e. The number of rotatable bonds is 1. The smallest absolute Gasteiger partial charge is 0.307 e. The van der Waals surface area contributed by atoms with Crippen molar-refractivity contribution in [1.82, 2.24) is 0 Å². The molecule has 0 aromatic rings. The number of alkyl halides is 1. The van der Waals surface area contributed by atoms with Crippen LogP contribution in [0.2, 0.25) is 0 Å². The molecule has 3 atom stereocenters. The molecule has 0 spiro atoms. The average Bonchev–Trinajstić information content (AvgIpc) is 2.69. The SMILES string of the molecule is CC(=O)O/C=C1/C2C=CC1C(Cl)(C#N)C2. The molecule has 0 saturated heterocycles. The van der Waals surface area contributed by atoms with E-state index in [2.05, 4.69) is 6.07 Å². The first-order valence-corrected chi connectivity index (χ1v) is 5.10. The molecular weight excluding hydrogens is 214 g/mol. The zero-order valence-corrected chi connectivity index (χ0v) is 8.99. The van der Waals surface area contributed by atoms with Gasteiger partial charge < -0.3 is 4.74 Å². The Bertz CT molecular complexity index is 407. The number of hydrogen-bond acceptors (Lipinski definition) is 3. The number of nitrogens with zero attached hydrogens (tertiary/aromatic N) is 1. The first-order valence-electron chi connectivity index (χ1n) is 4.72. The highest BCUT2D eigenvalue weighted by Gasteiger charge is 2.51. The lowest BCUT2D eigenvalue weighted by Gasteiger charge is -2.18. The highest BCUT2D eigenvalue weighted by atomic mass is 35.5. The highest BCUT2D eigenvalue weighted by molar-refractivity contribution is 6.27. The minimum Gasteiger partial charge on any atom is -0.435 e. The molecule has 3 unspecified atom stereocenters. The minimum atomic E-state index is -0.856. The molecule has 0 aliphatic heterocycles. The second kappa shape index (κ2) is 3.39. The number of halogens is 1. The summed E-state index contributed by atoms with van der Waals surface area (Å²) in [5.74, 6) is -0.328. The maximum atomic E-state index is 10.7. The fourth-order valence-electron chi connectivity index (χ4n) is 2.17. The van der Waals surface area contributed by atoms with Gasteiger partial charge in [0, 0.05) is 18.8 Å². The number of esters is 1. The summed E-state index contributed by atoms with van der Waals surface area (Å²) in [6.07, 6.45) is 5.97. The minimum absolute atomic E-state index is 0.117. The average molecular weight is 224 g/mol. The molecule has 2 rings (SSSR count). The summed E-state index contributed by atoms with van der Waals surface area (Å²) in [4.78, 5) is 9.82. The van der Waals surface area contributed by atoms with Crippen molar-refractivity contribution < 1.29 is 9.53 Å². The summed E-state index contributed by atoms with van der Waals surface area (Å²) in [5, 5.41) is 8.99. The molecule has 0 radical (unpaired) electrons. The lowest BCUT2D eigenvalue weighted by atomic mass is 9.94. The zero-order valence-electron chi connectivity index (χ0n) is 8.24. The fraction of sp³-hybridized carbons (Fsp3) is 0.455. The van der Waals surface area contributed by atoms with Crippen LogP contribution in [0.1, 0.15) is 13.3 Å². The molecule has 3 nitrogen and oxygen atoms in total. The molecule has 0 N–H and O–H groups in total. The lowest BCUT2D eigenvalue weighted by Crippen LogP contribution is -2.24. The van der Waals surface area contributed by atoms with E-state index in [1.165, 1.54) is 13.2 Å². The van der Waals surface area contributed by atoms with Gasteiger partial charge in [0.1, 0.15) is 4.87 Å². The summed E-state index contributed by atoms with van der Waals surface area (Å²) in [7, 11) is 0. The summed E-state index contributed by atoms with van der Waals surface area (Å²) < 4.78 is 4.84. The first kappa shape index (κ1) is 10.3. The molecule has 78 valence electrons. The van der Waals surface area contributed by atoms with Crippen LogP contribution in [-0.2, 0) is 9.53 Å². The van der Waals surface area contributed by atoms with Gasteiger partial charge in [0.05, 0.1) is 12.3 Å². The van der Waals surface area contributed by atoms with E-state index < -0.39 is 4.87 Å². The van der Waals surface area contributed by atoms with Crippen molar-refractivity contribution in [2.24, 2.45) is 11.8 Å². The van der Waals surface area contributed by atoms with Crippen molar-refractivity contribution in [3.63, 3.8) is 0 Å². The van der Waals surface area contributed by atoms with Crippen LogP contribution in [0.4, 0.5) is 0 Å². The van der Waals surface area contributed by atoms with Gasteiger partial charge in [-0.15, -0.1) is 11.6 Å². The van der Waals surface area contributed by atoms with Gasteiger partial charge in [-0.05, 0) is 12.0 Å². The molecule has 4 heteroatoms. The van der Waals surface area contributed by atoms with Gasteiger partial charge in [0.25, 0.3) is 0 Å². The van der Waals surface area contributed by atoms with E-state index >= 15 is 0 Å². The fourth-order valence-corrected chi connectivity index (χ4v) is 2.54. The van der Waals surface area contributed by atoms with Crippen molar-refractivity contribution in [3.05, 3.63) is 24.0 Å². The van der Waals surface area contributed by atoms with E-state index in [4.69, 9.17) is 21.6 Å². The molecule has 1 saturated carbocycles. The third-order valence-electron chi connectivity index (χ3n) is 2.88. The van der Waals surface area contributed by atoms with Crippen molar-refractivity contribution in [1.29, 1.82) is 5.26 Å². The third kappa shape index (κ3) is 1.55. The van der Waals surface area contributed by atoms with Gasteiger partial charge in [-0.2, -0.15) is 5.26 Å². The number of allylic oxidation sites excluding steroid dienone is 3. The van der Waals surface area contributed by atoms with E-state index in [0.29, 0.717) is 6.42 Å². The number of hydrogen-bond donors (Lipinski definition) is 0. The van der Waals surface area contributed by atoms with Crippen LogP contribution in [0.15, 0.2) is 24.0 Å². The Kier molecular flexibility index (Phi) is 2.32. The molecule has 0 aromatic heterocycles. The van der Waals surface area contributed by atoms with E-state index in [9.17, 15) is 4.79 Å². The van der Waals surface area contributed by atoms with Crippen molar-refractivity contribution in [3.8, 4) is 6.07 Å². The maximum absolute atomic E-state index is 10.7. The Morgan fingerprint density at radius 2 is 2.53 bits per heavy atom. The van der Waals surface area contributed by atoms with Crippen molar-refractivity contribution >= 4 is 17.6 Å². The van der Waals surface area contributed by atoms with Crippen LogP contribution in [0.3, 0.4) is 0 Å². The number of nitriles is 1. The Morgan fingerprint density at radius 1 is 1.80 bits per heavy atom. The Labute approximate surface area is 93.0 Å². The van der Waals surface area contributed by atoms with Crippen LogP contribution in [-0.4, -0.2) is 10.8 Å². The van der Waals surface area contributed by atoms with Gasteiger partial charge in [0.15, 0.2) is 0 Å². The van der Waals surface area contributed by atoms with Gasteiger partial charge in [0.2, 0.25) is 0 Å². The zero-order chi connectivity index (χ0) is 11.1. The standard InChI is InChI=1S/C11H10ClNO2/c1-7(14)15-5-9-8-2-3-10(9)11(12,4-8)6-13/h2-3,5,8,10H,4H2,1H3/b9-5-. The van der Waals surface area contributed by atoms with Crippen LogP contribution in [0, 0.1) is 23.2 Å². The number of carbonyl (C=O) groups is 1. The predicted molar refractivity (Wildman–Crippen MR) is 54.8 cm³/mol. The largest absolute Gasteiger partial charge is 0.435 e. The molecule has 15 heavy (non-hydrogen) atoms. The van der Waals surface area contributed by atoms with Gasteiger partial charge in [-0.1, -0.05) is 12.2 Å². The van der Waals surface area contributed by atoms with Crippen molar-refractivity contribution in [2.45, 2.75) is 18.2 Å². The van der Waals surface area contributed by atoms with E-state index in [0.717, 1.165) is 5.57 Å². The molecule has 2 bridgehead atoms. The van der Waals surface area contributed by atoms with Crippen LogP contribution >= 0.6 is 11.6 Å². The topological polar surface area (TPSA) is 50.1 Å².